The second-order valence-corrected chi connectivity index (χ2v) is 7.95. The Morgan fingerprint density at radius 1 is 1.22 bits per heavy atom. The lowest BCUT2D eigenvalue weighted by Crippen LogP contribution is -2.43. The lowest BCUT2D eigenvalue weighted by Gasteiger charge is -2.33. The summed E-state index contributed by atoms with van der Waals surface area (Å²) in [5.74, 6) is 0.215. The Balaban J connectivity index is 1.60. The second-order valence-electron chi connectivity index (χ2n) is 7.55. The molecular formula is C23H29ClN2O. The van der Waals surface area contributed by atoms with E-state index in [0.717, 1.165) is 49.5 Å². The standard InChI is InChI=1S/C23H29ClN2O/c1-3-22(18-12-10-17(2)11-13-18)25-23(27)20-8-6-14-26(16-20)15-19-7-4-5-9-21(19)24/h4-5,7,9-13,20,22H,3,6,8,14-16H2,1-2H3,(H,25,27)/t20-,22-/m0/s1. The van der Waals surface area contributed by atoms with Crippen molar-refractivity contribution in [3.05, 3.63) is 70.2 Å². The van der Waals surface area contributed by atoms with Crippen LogP contribution in [0.25, 0.3) is 0 Å². The first-order chi connectivity index (χ1) is 13.1. The van der Waals surface area contributed by atoms with Gasteiger partial charge < -0.3 is 5.32 Å². The van der Waals surface area contributed by atoms with Gasteiger partial charge in [0.1, 0.15) is 0 Å². The van der Waals surface area contributed by atoms with Gasteiger partial charge >= 0.3 is 0 Å². The van der Waals surface area contributed by atoms with Gasteiger partial charge in [-0.2, -0.15) is 0 Å². The summed E-state index contributed by atoms with van der Waals surface area (Å²) in [6, 6.07) is 16.5. The van der Waals surface area contributed by atoms with Gasteiger partial charge in [-0.25, -0.2) is 0 Å². The average Bonchev–Trinajstić information content (AvgIpc) is 2.69. The molecular weight excluding hydrogens is 356 g/mol. The lowest BCUT2D eigenvalue weighted by atomic mass is 9.95. The van der Waals surface area contributed by atoms with Gasteiger partial charge in [-0.1, -0.05) is 66.6 Å². The van der Waals surface area contributed by atoms with Crippen LogP contribution in [0, 0.1) is 12.8 Å². The Labute approximate surface area is 167 Å². The molecule has 1 heterocycles. The van der Waals surface area contributed by atoms with Gasteiger partial charge in [0, 0.05) is 18.1 Å². The highest BCUT2D eigenvalue weighted by Gasteiger charge is 2.27. The lowest BCUT2D eigenvalue weighted by molar-refractivity contribution is -0.127. The fourth-order valence-corrected chi connectivity index (χ4v) is 3.99. The summed E-state index contributed by atoms with van der Waals surface area (Å²) in [4.78, 5) is 15.3. The van der Waals surface area contributed by atoms with Crippen LogP contribution in [0.1, 0.15) is 48.9 Å². The fraction of sp³-hybridized carbons (Fsp3) is 0.435. The Morgan fingerprint density at radius 2 is 1.96 bits per heavy atom. The number of halogens is 1. The number of hydrogen-bond donors (Lipinski definition) is 1. The molecule has 1 aliphatic rings. The number of nitrogens with zero attached hydrogens (tertiary/aromatic N) is 1. The third kappa shape index (κ3) is 5.33. The van der Waals surface area contributed by atoms with Crippen LogP contribution in [0.2, 0.25) is 5.02 Å². The quantitative estimate of drug-likeness (QED) is 0.748. The molecule has 4 heteroatoms. The third-order valence-electron chi connectivity index (χ3n) is 5.43. The van der Waals surface area contributed by atoms with Crippen LogP contribution in [0.4, 0.5) is 0 Å². The molecule has 2 aromatic rings. The van der Waals surface area contributed by atoms with Crippen LogP contribution >= 0.6 is 11.6 Å². The van der Waals surface area contributed by atoms with E-state index in [9.17, 15) is 4.79 Å². The number of likely N-dealkylation sites (tertiary alicyclic amines) is 1. The molecule has 1 saturated heterocycles. The van der Waals surface area contributed by atoms with E-state index in [4.69, 9.17) is 11.6 Å². The van der Waals surface area contributed by atoms with Crippen molar-refractivity contribution < 1.29 is 4.79 Å². The zero-order chi connectivity index (χ0) is 19.2. The van der Waals surface area contributed by atoms with Crippen LogP contribution in [-0.2, 0) is 11.3 Å². The van der Waals surface area contributed by atoms with E-state index in [2.05, 4.69) is 54.4 Å². The smallest absolute Gasteiger partial charge is 0.224 e. The van der Waals surface area contributed by atoms with Crippen LogP contribution in [-0.4, -0.2) is 23.9 Å². The molecule has 3 nitrogen and oxygen atoms in total. The third-order valence-corrected chi connectivity index (χ3v) is 5.80. The Morgan fingerprint density at radius 3 is 2.67 bits per heavy atom. The molecule has 3 rings (SSSR count). The van der Waals surface area contributed by atoms with Crippen LogP contribution in [0.3, 0.4) is 0 Å². The molecule has 1 aliphatic heterocycles. The van der Waals surface area contributed by atoms with E-state index in [1.54, 1.807) is 0 Å². The van der Waals surface area contributed by atoms with Crippen molar-refractivity contribution >= 4 is 17.5 Å². The maximum Gasteiger partial charge on any atom is 0.224 e. The number of aryl methyl sites for hydroxylation is 1. The number of carbonyl (C=O) groups is 1. The summed E-state index contributed by atoms with van der Waals surface area (Å²) in [6.07, 6.45) is 2.89. The molecule has 0 unspecified atom stereocenters. The second kappa shape index (κ2) is 9.38. The number of amides is 1. The Hall–Kier alpha value is -1.84. The molecule has 0 bridgehead atoms. The van der Waals surface area contributed by atoms with Crippen molar-refractivity contribution in [1.29, 1.82) is 0 Å². The molecule has 0 aliphatic carbocycles. The molecule has 2 aromatic carbocycles. The summed E-state index contributed by atoms with van der Waals surface area (Å²) in [5.41, 5.74) is 3.55. The first-order valence-electron chi connectivity index (χ1n) is 9.89. The van der Waals surface area contributed by atoms with Gasteiger partial charge in [0.25, 0.3) is 0 Å². The molecule has 1 fully saturated rings. The van der Waals surface area contributed by atoms with E-state index in [0.29, 0.717) is 0 Å². The highest BCUT2D eigenvalue weighted by atomic mass is 35.5. The minimum atomic E-state index is 0.0423. The molecule has 0 spiro atoms. The van der Waals surface area contributed by atoms with Gasteiger partial charge in [-0.05, 0) is 49.9 Å². The normalized spacial score (nSPS) is 18.9. The van der Waals surface area contributed by atoms with Gasteiger partial charge in [0.05, 0.1) is 12.0 Å². The molecule has 1 N–H and O–H groups in total. The Kier molecular flexibility index (Phi) is 6.92. The number of carbonyl (C=O) groups excluding carboxylic acids is 1. The largest absolute Gasteiger partial charge is 0.349 e. The topological polar surface area (TPSA) is 32.3 Å². The number of benzene rings is 2. The van der Waals surface area contributed by atoms with Crippen molar-refractivity contribution in [3.63, 3.8) is 0 Å². The zero-order valence-electron chi connectivity index (χ0n) is 16.2. The van der Waals surface area contributed by atoms with Crippen molar-refractivity contribution in [3.8, 4) is 0 Å². The molecule has 0 radical (unpaired) electrons. The first kappa shape index (κ1) is 19.9. The molecule has 144 valence electrons. The first-order valence-corrected chi connectivity index (χ1v) is 10.3. The number of piperidine rings is 1. The summed E-state index contributed by atoms with van der Waals surface area (Å²) in [7, 11) is 0. The SMILES string of the molecule is CC[C@H](NC(=O)[C@H]1CCCN(Cc2ccccc2Cl)C1)c1ccc(C)cc1. The molecule has 1 amide bonds. The van der Waals surface area contributed by atoms with Gasteiger partial charge in [-0.15, -0.1) is 0 Å². The fourth-order valence-electron chi connectivity index (χ4n) is 3.79. The van der Waals surface area contributed by atoms with Crippen molar-refractivity contribution in [2.45, 2.75) is 45.7 Å². The van der Waals surface area contributed by atoms with E-state index in [1.807, 2.05) is 18.2 Å². The maximum absolute atomic E-state index is 12.9. The van der Waals surface area contributed by atoms with Gasteiger partial charge in [-0.3, -0.25) is 9.69 Å². The number of nitrogens with one attached hydrogen (secondary N) is 1. The Bertz CT molecular complexity index is 759. The van der Waals surface area contributed by atoms with E-state index < -0.39 is 0 Å². The molecule has 0 aromatic heterocycles. The maximum atomic E-state index is 12.9. The molecule has 27 heavy (non-hydrogen) atoms. The summed E-state index contributed by atoms with van der Waals surface area (Å²) in [6.45, 7) is 6.82. The van der Waals surface area contributed by atoms with Crippen molar-refractivity contribution in [2.75, 3.05) is 13.1 Å². The predicted molar refractivity (Wildman–Crippen MR) is 112 cm³/mol. The highest BCUT2D eigenvalue weighted by Crippen LogP contribution is 2.24. The summed E-state index contributed by atoms with van der Waals surface area (Å²) < 4.78 is 0. The van der Waals surface area contributed by atoms with Crippen LogP contribution in [0.5, 0.6) is 0 Å². The zero-order valence-corrected chi connectivity index (χ0v) is 17.0. The average molecular weight is 385 g/mol. The van der Waals surface area contributed by atoms with E-state index in [-0.39, 0.29) is 17.9 Å². The minimum absolute atomic E-state index is 0.0423. The van der Waals surface area contributed by atoms with Crippen LogP contribution < -0.4 is 5.32 Å². The summed E-state index contributed by atoms with van der Waals surface area (Å²) >= 11 is 6.30. The minimum Gasteiger partial charge on any atom is -0.349 e. The van der Waals surface area contributed by atoms with Crippen molar-refractivity contribution in [2.24, 2.45) is 5.92 Å². The monoisotopic (exact) mass is 384 g/mol. The summed E-state index contributed by atoms with van der Waals surface area (Å²) in [5, 5.41) is 4.08. The number of hydrogen-bond acceptors (Lipinski definition) is 2. The van der Waals surface area contributed by atoms with Crippen LogP contribution in [0.15, 0.2) is 48.5 Å². The molecule has 0 saturated carbocycles. The highest BCUT2D eigenvalue weighted by molar-refractivity contribution is 6.31. The van der Waals surface area contributed by atoms with Gasteiger partial charge in [0.2, 0.25) is 5.91 Å². The van der Waals surface area contributed by atoms with Crippen molar-refractivity contribution in [1.82, 2.24) is 10.2 Å². The molecule has 2 atom stereocenters. The van der Waals surface area contributed by atoms with E-state index in [1.165, 1.54) is 11.1 Å². The number of rotatable bonds is 6. The van der Waals surface area contributed by atoms with E-state index >= 15 is 0 Å². The van der Waals surface area contributed by atoms with Gasteiger partial charge in [0.15, 0.2) is 0 Å². The predicted octanol–water partition coefficient (Wildman–Crippen LogP) is 5.13.